The molecule has 0 aromatic heterocycles. The number of halogens is 4. The Labute approximate surface area is 121 Å². The van der Waals surface area contributed by atoms with Gasteiger partial charge in [0.05, 0.1) is 16.3 Å². The highest BCUT2D eigenvalue weighted by atomic mass is 35.5. The SMILES string of the molecule is CC(C)C1CN(c2ccc(C(F)(F)F)cc2Cl)CCN1. The van der Waals surface area contributed by atoms with Gasteiger partial charge >= 0.3 is 6.18 Å². The molecule has 1 fully saturated rings. The summed E-state index contributed by atoms with van der Waals surface area (Å²) in [6.45, 7) is 6.54. The molecule has 20 heavy (non-hydrogen) atoms. The molecule has 0 radical (unpaired) electrons. The van der Waals surface area contributed by atoms with E-state index in [-0.39, 0.29) is 5.02 Å². The highest BCUT2D eigenvalue weighted by molar-refractivity contribution is 6.33. The lowest BCUT2D eigenvalue weighted by Crippen LogP contribution is -2.53. The summed E-state index contributed by atoms with van der Waals surface area (Å²) in [6.07, 6.45) is -4.36. The van der Waals surface area contributed by atoms with Gasteiger partial charge < -0.3 is 10.2 Å². The topological polar surface area (TPSA) is 15.3 Å². The van der Waals surface area contributed by atoms with Gasteiger partial charge in [-0.15, -0.1) is 0 Å². The number of hydrogen-bond donors (Lipinski definition) is 1. The molecule has 6 heteroatoms. The van der Waals surface area contributed by atoms with Crippen molar-refractivity contribution in [1.82, 2.24) is 5.32 Å². The van der Waals surface area contributed by atoms with E-state index in [1.807, 2.05) is 4.90 Å². The molecule has 1 saturated heterocycles. The maximum Gasteiger partial charge on any atom is 0.416 e. The second-order valence-corrected chi connectivity index (χ2v) is 5.82. The van der Waals surface area contributed by atoms with Crippen LogP contribution in [0.5, 0.6) is 0 Å². The predicted molar refractivity (Wildman–Crippen MR) is 75.3 cm³/mol. The van der Waals surface area contributed by atoms with Crippen LogP contribution in [-0.2, 0) is 6.18 Å². The minimum atomic E-state index is -4.36. The molecule has 1 aromatic rings. The van der Waals surface area contributed by atoms with E-state index in [1.54, 1.807) is 0 Å². The molecular formula is C14H18ClF3N2. The van der Waals surface area contributed by atoms with Crippen molar-refractivity contribution in [3.05, 3.63) is 28.8 Å². The molecule has 112 valence electrons. The third-order valence-corrected chi connectivity index (χ3v) is 3.93. The van der Waals surface area contributed by atoms with Gasteiger partial charge in [0.25, 0.3) is 0 Å². The quantitative estimate of drug-likeness (QED) is 0.894. The number of nitrogens with one attached hydrogen (secondary N) is 1. The highest BCUT2D eigenvalue weighted by Gasteiger charge is 2.31. The second kappa shape index (κ2) is 5.82. The normalized spacial score (nSPS) is 20.6. The van der Waals surface area contributed by atoms with Crippen LogP contribution in [0.1, 0.15) is 19.4 Å². The van der Waals surface area contributed by atoms with E-state index >= 15 is 0 Å². The summed E-state index contributed by atoms with van der Waals surface area (Å²) < 4.78 is 37.9. The fourth-order valence-corrected chi connectivity index (χ4v) is 2.68. The Kier molecular flexibility index (Phi) is 4.49. The summed E-state index contributed by atoms with van der Waals surface area (Å²) in [6, 6.07) is 3.88. The van der Waals surface area contributed by atoms with E-state index in [0.29, 0.717) is 17.6 Å². The summed E-state index contributed by atoms with van der Waals surface area (Å²) >= 11 is 6.03. The zero-order chi connectivity index (χ0) is 14.9. The van der Waals surface area contributed by atoms with E-state index in [1.165, 1.54) is 6.07 Å². The van der Waals surface area contributed by atoms with Crippen LogP contribution in [-0.4, -0.2) is 25.7 Å². The molecule has 1 aromatic carbocycles. The molecule has 0 saturated carbocycles. The molecule has 2 rings (SSSR count). The van der Waals surface area contributed by atoms with E-state index in [0.717, 1.165) is 31.8 Å². The lowest BCUT2D eigenvalue weighted by Gasteiger charge is -2.37. The monoisotopic (exact) mass is 306 g/mol. The fourth-order valence-electron chi connectivity index (χ4n) is 2.38. The Morgan fingerprint density at radius 2 is 2.05 bits per heavy atom. The van der Waals surface area contributed by atoms with Crippen LogP contribution in [0.2, 0.25) is 5.02 Å². The Morgan fingerprint density at radius 3 is 2.60 bits per heavy atom. The van der Waals surface area contributed by atoms with Gasteiger partial charge in [-0.3, -0.25) is 0 Å². The zero-order valence-electron chi connectivity index (χ0n) is 11.5. The maximum atomic E-state index is 12.6. The molecule has 1 atom stereocenters. The van der Waals surface area contributed by atoms with Crippen molar-refractivity contribution in [2.24, 2.45) is 5.92 Å². The van der Waals surface area contributed by atoms with Crippen LogP contribution < -0.4 is 10.2 Å². The van der Waals surface area contributed by atoms with E-state index < -0.39 is 11.7 Å². The van der Waals surface area contributed by atoms with Crippen LogP contribution in [0.3, 0.4) is 0 Å². The lowest BCUT2D eigenvalue weighted by molar-refractivity contribution is -0.137. The Hall–Kier alpha value is -0.940. The Bertz CT molecular complexity index is 474. The first-order valence-corrected chi connectivity index (χ1v) is 7.02. The third-order valence-electron chi connectivity index (χ3n) is 3.63. The van der Waals surface area contributed by atoms with Gasteiger partial charge in [0.1, 0.15) is 0 Å². The summed E-state index contributed by atoms with van der Waals surface area (Å²) in [5, 5.41) is 3.57. The van der Waals surface area contributed by atoms with Crippen LogP contribution >= 0.6 is 11.6 Å². The average molecular weight is 307 g/mol. The van der Waals surface area contributed by atoms with Crippen molar-refractivity contribution in [2.75, 3.05) is 24.5 Å². The van der Waals surface area contributed by atoms with Crippen molar-refractivity contribution in [3.63, 3.8) is 0 Å². The first kappa shape index (κ1) is 15.4. The molecule has 0 aliphatic carbocycles. The molecule has 0 amide bonds. The number of hydrogen-bond acceptors (Lipinski definition) is 2. The molecule has 1 aliphatic heterocycles. The zero-order valence-corrected chi connectivity index (χ0v) is 12.2. The molecule has 2 nitrogen and oxygen atoms in total. The van der Waals surface area contributed by atoms with Gasteiger partial charge in [-0.1, -0.05) is 25.4 Å². The first-order chi connectivity index (χ1) is 9.29. The smallest absolute Gasteiger partial charge is 0.367 e. The predicted octanol–water partition coefficient (Wildman–Crippen LogP) is 3.79. The highest BCUT2D eigenvalue weighted by Crippen LogP contribution is 2.35. The molecule has 1 heterocycles. The van der Waals surface area contributed by atoms with E-state index in [4.69, 9.17) is 11.6 Å². The van der Waals surface area contributed by atoms with Gasteiger partial charge in [0, 0.05) is 25.7 Å². The van der Waals surface area contributed by atoms with Crippen molar-refractivity contribution in [1.29, 1.82) is 0 Å². The van der Waals surface area contributed by atoms with Gasteiger partial charge in [0.15, 0.2) is 0 Å². The van der Waals surface area contributed by atoms with Crippen LogP contribution in [0.25, 0.3) is 0 Å². The maximum absolute atomic E-state index is 12.6. The van der Waals surface area contributed by atoms with Gasteiger partial charge in [-0.2, -0.15) is 13.2 Å². The van der Waals surface area contributed by atoms with Crippen LogP contribution in [0.15, 0.2) is 18.2 Å². The average Bonchev–Trinajstić information content (AvgIpc) is 2.37. The summed E-state index contributed by atoms with van der Waals surface area (Å²) in [5.74, 6) is 0.464. The molecule has 0 spiro atoms. The number of nitrogens with zero attached hydrogens (tertiary/aromatic N) is 1. The van der Waals surface area contributed by atoms with Crippen molar-refractivity contribution < 1.29 is 13.2 Å². The summed E-state index contributed by atoms with van der Waals surface area (Å²) in [4.78, 5) is 2.05. The van der Waals surface area contributed by atoms with E-state index in [2.05, 4.69) is 19.2 Å². The minimum Gasteiger partial charge on any atom is -0.367 e. The number of alkyl halides is 3. The fraction of sp³-hybridized carbons (Fsp3) is 0.571. The third kappa shape index (κ3) is 3.38. The number of anilines is 1. The van der Waals surface area contributed by atoms with Gasteiger partial charge in [-0.05, 0) is 24.1 Å². The molecule has 1 N–H and O–H groups in total. The van der Waals surface area contributed by atoms with Crippen LogP contribution in [0.4, 0.5) is 18.9 Å². The first-order valence-electron chi connectivity index (χ1n) is 6.64. The number of benzene rings is 1. The number of rotatable bonds is 2. The van der Waals surface area contributed by atoms with Crippen molar-refractivity contribution in [3.8, 4) is 0 Å². The largest absolute Gasteiger partial charge is 0.416 e. The molecule has 1 unspecified atom stereocenters. The summed E-state index contributed by atoms with van der Waals surface area (Å²) in [5.41, 5.74) is -0.0337. The van der Waals surface area contributed by atoms with E-state index in [9.17, 15) is 13.2 Å². The minimum absolute atomic E-state index is 0.157. The molecular weight excluding hydrogens is 289 g/mol. The van der Waals surface area contributed by atoms with Gasteiger partial charge in [-0.25, -0.2) is 0 Å². The van der Waals surface area contributed by atoms with Crippen molar-refractivity contribution in [2.45, 2.75) is 26.1 Å². The lowest BCUT2D eigenvalue weighted by atomic mass is 10.0. The Balaban J connectivity index is 2.21. The summed E-state index contributed by atoms with van der Waals surface area (Å²) in [7, 11) is 0. The van der Waals surface area contributed by atoms with Crippen LogP contribution in [0, 0.1) is 5.92 Å². The van der Waals surface area contributed by atoms with Crippen molar-refractivity contribution >= 4 is 17.3 Å². The molecule has 1 aliphatic rings. The van der Waals surface area contributed by atoms with Gasteiger partial charge in [0.2, 0.25) is 0 Å². The second-order valence-electron chi connectivity index (χ2n) is 5.41. The standard InChI is InChI=1S/C14H18ClF3N2/c1-9(2)12-8-20(6-5-19-12)13-4-3-10(7-11(13)15)14(16,17)18/h3-4,7,9,12,19H,5-6,8H2,1-2H3. The Morgan fingerprint density at radius 1 is 1.35 bits per heavy atom. The number of piperazine rings is 1. The molecule has 0 bridgehead atoms.